The zero-order valence-electron chi connectivity index (χ0n) is 12.0. The zero-order chi connectivity index (χ0) is 15.1. The average molecular weight is 301 g/mol. The van der Waals surface area contributed by atoms with Crippen LogP contribution in [0, 0.1) is 0 Å². The van der Waals surface area contributed by atoms with Crippen LogP contribution in [0.4, 0.5) is 0 Å². The van der Waals surface area contributed by atoms with Crippen molar-refractivity contribution in [2.24, 2.45) is 0 Å². The third kappa shape index (κ3) is 2.01. The number of carbonyl (C=O) groups is 1. The Morgan fingerprint density at radius 2 is 2.23 bits per heavy atom. The molecule has 0 unspecified atom stereocenters. The summed E-state index contributed by atoms with van der Waals surface area (Å²) in [6.07, 6.45) is 2.18. The lowest BCUT2D eigenvalue weighted by Gasteiger charge is -2.29. The van der Waals surface area contributed by atoms with Gasteiger partial charge in [0.2, 0.25) is 6.79 Å². The second kappa shape index (κ2) is 5.03. The van der Waals surface area contributed by atoms with Crippen LogP contribution in [-0.2, 0) is 16.0 Å². The van der Waals surface area contributed by atoms with E-state index >= 15 is 0 Å². The number of ether oxygens (including phenoxy) is 3. The van der Waals surface area contributed by atoms with Gasteiger partial charge in [-0.05, 0) is 17.7 Å². The molecule has 0 fully saturated rings. The Balaban J connectivity index is 1.72. The molecule has 114 valence electrons. The number of aromatic amines is 1. The number of H-pyrrole nitrogens is 1. The Bertz CT molecular complexity index is 727. The fourth-order valence-electron chi connectivity index (χ4n) is 2.93. The molecule has 22 heavy (non-hydrogen) atoms. The molecule has 7 nitrogen and oxygen atoms in total. The summed E-state index contributed by atoms with van der Waals surface area (Å²) in [4.78, 5) is 19.4. The number of fused-ring (bicyclic) bond motifs is 2. The fraction of sp³-hybridized carbons (Fsp3) is 0.333. The summed E-state index contributed by atoms with van der Waals surface area (Å²) in [5, 5.41) is 3.30. The van der Waals surface area contributed by atoms with Gasteiger partial charge in [0.05, 0.1) is 25.2 Å². The quantitative estimate of drug-likeness (QED) is 0.802. The second-order valence-corrected chi connectivity index (χ2v) is 5.26. The number of nitrogens with zero attached hydrogens (tertiary/aromatic N) is 1. The number of hydrogen-bond donors (Lipinski definition) is 2. The molecule has 2 N–H and O–H groups in total. The molecule has 1 aromatic heterocycles. The van der Waals surface area contributed by atoms with Crippen LogP contribution in [0.5, 0.6) is 11.5 Å². The zero-order valence-corrected chi connectivity index (χ0v) is 12.0. The summed E-state index contributed by atoms with van der Waals surface area (Å²) in [7, 11) is 1.39. The van der Waals surface area contributed by atoms with E-state index < -0.39 is 6.04 Å². The molecule has 0 aliphatic carbocycles. The first kappa shape index (κ1) is 13.1. The monoisotopic (exact) mass is 301 g/mol. The normalized spacial score (nSPS) is 22.2. The highest BCUT2D eigenvalue weighted by atomic mass is 16.7. The predicted octanol–water partition coefficient (Wildman–Crippen LogP) is 0.915. The molecule has 0 saturated heterocycles. The molecule has 0 saturated carbocycles. The minimum absolute atomic E-state index is 0.200. The van der Waals surface area contributed by atoms with Crippen molar-refractivity contribution in [1.29, 1.82) is 0 Å². The Hall–Kier alpha value is -2.54. The van der Waals surface area contributed by atoms with Crippen molar-refractivity contribution in [2.45, 2.75) is 18.5 Å². The van der Waals surface area contributed by atoms with Crippen LogP contribution in [0.25, 0.3) is 0 Å². The number of carbonyl (C=O) groups excluding carboxylic acids is 1. The molecule has 2 aliphatic rings. The SMILES string of the molecule is COC(=O)[C@H]1Cc2[nH]cnc2[C@@H](c2ccc3c(c2)OCO3)N1. The van der Waals surface area contributed by atoms with Crippen LogP contribution in [0.2, 0.25) is 0 Å². The lowest BCUT2D eigenvalue weighted by Crippen LogP contribution is -2.45. The molecule has 7 heteroatoms. The highest BCUT2D eigenvalue weighted by Crippen LogP contribution is 2.37. The van der Waals surface area contributed by atoms with Crippen molar-refractivity contribution in [1.82, 2.24) is 15.3 Å². The smallest absolute Gasteiger partial charge is 0.323 e. The molecular weight excluding hydrogens is 286 g/mol. The van der Waals surface area contributed by atoms with Gasteiger partial charge >= 0.3 is 5.97 Å². The summed E-state index contributed by atoms with van der Waals surface area (Å²) in [5.74, 6) is 1.15. The molecule has 2 aliphatic heterocycles. The summed E-state index contributed by atoms with van der Waals surface area (Å²) in [6, 6.07) is 5.12. The molecule has 4 rings (SSSR count). The van der Waals surface area contributed by atoms with E-state index in [2.05, 4.69) is 15.3 Å². The van der Waals surface area contributed by atoms with Gasteiger partial charge in [-0.2, -0.15) is 0 Å². The Morgan fingerprint density at radius 1 is 1.36 bits per heavy atom. The first-order valence-electron chi connectivity index (χ1n) is 7.02. The first-order valence-corrected chi connectivity index (χ1v) is 7.02. The van der Waals surface area contributed by atoms with E-state index in [9.17, 15) is 4.79 Å². The number of rotatable bonds is 2. The van der Waals surface area contributed by atoms with Crippen LogP contribution in [-0.4, -0.2) is 35.9 Å². The number of benzene rings is 1. The fourth-order valence-corrected chi connectivity index (χ4v) is 2.93. The average Bonchev–Trinajstić information content (AvgIpc) is 3.20. The van der Waals surface area contributed by atoms with Gasteiger partial charge in [0.1, 0.15) is 6.04 Å². The Kier molecular flexibility index (Phi) is 3.00. The van der Waals surface area contributed by atoms with Gasteiger partial charge in [-0.1, -0.05) is 6.07 Å². The van der Waals surface area contributed by atoms with Crippen LogP contribution in [0.3, 0.4) is 0 Å². The Labute approximate surface area is 126 Å². The number of aromatic nitrogens is 2. The molecule has 0 amide bonds. The van der Waals surface area contributed by atoms with E-state index in [0.29, 0.717) is 12.2 Å². The molecule has 3 heterocycles. The summed E-state index contributed by atoms with van der Waals surface area (Å²) < 4.78 is 15.6. The molecule has 2 aromatic rings. The highest BCUT2D eigenvalue weighted by molar-refractivity contribution is 5.76. The minimum Gasteiger partial charge on any atom is -0.468 e. The molecule has 2 atom stereocenters. The molecule has 0 spiro atoms. The van der Waals surface area contributed by atoms with E-state index in [4.69, 9.17) is 14.2 Å². The summed E-state index contributed by atoms with van der Waals surface area (Å²) in [5.41, 5.74) is 2.79. The number of esters is 1. The standard InChI is InChI=1S/C15H15N3O4/c1-20-15(19)10-5-9-14(17-6-16-9)13(18-10)8-2-3-11-12(4-8)22-7-21-11/h2-4,6,10,13,18H,5,7H2,1H3,(H,16,17)/t10-,13-/m1/s1. The highest BCUT2D eigenvalue weighted by Gasteiger charge is 2.34. The van der Waals surface area contributed by atoms with Gasteiger partial charge < -0.3 is 19.2 Å². The van der Waals surface area contributed by atoms with Gasteiger partial charge in [-0.3, -0.25) is 10.1 Å². The third-order valence-electron chi connectivity index (χ3n) is 4.02. The van der Waals surface area contributed by atoms with Gasteiger partial charge in [-0.15, -0.1) is 0 Å². The lowest BCUT2D eigenvalue weighted by molar-refractivity contribution is -0.143. The van der Waals surface area contributed by atoms with Crippen LogP contribution in [0.15, 0.2) is 24.5 Å². The maximum atomic E-state index is 11.9. The van der Waals surface area contributed by atoms with Crippen molar-refractivity contribution in [2.75, 3.05) is 13.9 Å². The van der Waals surface area contributed by atoms with E-state index in [-0.39, 0.29) is 18.8 Å². The van der Waals surface area contributed by atoms with E-state index in [1.807, 2.05) is 18.2 Å². The van der Waals surface area contributed by atoms with E-state index in [0.717, 1.165) is 22.7 Å². The maximum absolute atomic E-state index is 11.9. The van der Waals surface area contributed by atoms with E-state index in [1.54, 1.807) is 6.33 Å². The van der Waals surface area contributed by atoms with Crippen LogP contribution in [0.1, 0.15) is 23.0 Å². The summed E-state index contributed by atoms with van der Waals surface area (Å²) >= 11 is 0. The first-order chi connectivity index (χ1) is 10.8. The van der Waals surface area contributed by atoms with Crippen molar-refractivity contribution in [3.05, 3.63) is 41.5 Å². The topological polar surface area (TPSA) is 85.5 Å². The maximum Gasteiger partial charge on any atom is 0.323 e. The van der Waals surface area contributed by atoms with Crippen LogP contribution < -0.4 is 14.8 Å². The number of hydrogen-bond acceptors (Lipinski definition) is 6. The van der Waals surface area contributed by atoms with Crippen molar-refractivity contribution in [3.8, 4) is 11.5 Å². The number of nitrogens with one attached hydrogen (secondary N) is 2. The van der Waals surface area contributed by atoms with Gasteiger partial charge in [0.15, 0.2) is 11.5 Å². The van der Waals surface area contributed by atoms with Crippen molar-refractivity contribution >= 4 is 5.97 Å². The molecular formula is C15H15N3O4. The van der Waals surface area contributed by atoms with Crippen molar-refractivity contribution < 1.29 is 19.0 Å². The minimum atomic E-state index is -0.409. The molecule has 0 radical (unpaired) electrons. The van der Waals surface area contributed by atoms with Gasteiger partial charge in [-0.25, -0.2) is 4.98 Å². The number of methoxy groups -OCH3 is 1. The van der Waals surface area contributed by atoms with Gasteiger partial charge in [0.25, 0.3) is 0 Å². The Morgan fingerprint density at radius 3 is 3.09 bits per heavy atom. The van der Waals surface area contributed by atoms with Gasteiger partial charge in [0, 0.05) is 12.1 Å². The second-order valence-electron chi connectivity index (χ2n) is 5.26. The molecule has 1 aromatic carbocycles. The molecule has 0 bridgehead atoms. The van der Waals surface area contributed by atoms with Crippen LogP contribution >= 0.6 is 0 Å². The lowest BCUT2D eigenvalue weighted by atomic mass is 9.94. The van der Waals surface area contributed by atoms with Crippen molar-refractivity contribution in [3.63, 3.8) is 0 Å². The predicted molar refractivity (Wildman–Crippen MR) is 75.6 cm³/mol. The van der Waals surface area contributed by atoms with E-state index in [1.165, 1.54) is 7.11 Å². The largest absolute Gasteiger partial charge is 0.468 e. The number of imidazole rings is 1. The summed E-state index contributed by atoms with van der Waals surface area (Å²) in [6.45, 7) is 0.231. The third-order valence-corrected chi connectivity index (χ3v) is 4.02.